The van der Waals surface area contributed by atoms with Crippen LogP contribution in [0, 0.1) is 0 Å². The topological polar surface area (TPSA) is 29.3 Å². The molecule has 0 bridgehead atoms. The number of thioether (sulfide) groups is 1. The molecule has 2 nitrogen and oxygen atoms in total. The summed E-state index contributed by atoms with van der Waals surface area (Å²) in [6, 6.07) is 6.53. The Morgan fingerprint density at radius 2 is 2.35 bits per heavy atom. The minimum atomic E-state index is 0.715. The van der Waals surface area contributed by atoms with E-state index in [1.54, 1.807) is 0 Å². The summed E-state index contributed by atoms with van der Waals surface area (Å²) in [5, 5.41) is 0.716. The Morgan fingerprint density at radius 1 is 1.53 bits per heavy atom. The molecule has 0 saturated carbocycles. The Kier molecular flexibility index (Phi) is 4.77. The Bertz CT molecular complexity index is 384. The van der Waals surface area contributed by atoms with Gasteiger partial charge in [-0.05, 0) is 30.7 Å². The van der Waals surface area contributed by atoms with Crippen LogP contribution in [0.5, 0.6) is 0 Å². The first kappa shape index (κ1) is 13.2. The van der Waals surface area contributed by atoms with Crippen molar-refractivity contribution in [3.05, 3.63) is 28.2 Å². The molecule has 1 aromatic carbocycles. The van der Waals surface area contributed by atoms with Gasteiger partial charge in [-0.25, -0.2) is 0 Å². The van der Waals surface area contributed by atoms with Crippen molar-refractivity contribution in [1.29, 1.82) is 0 Å². The molecule has 1 atom stereocenters. The second kappa shape index (κ2) is 6.12. The zero-order valence-electron chi connectivity index (χ0n) is 10.2. The highest BCUT2D eigenvalue weighted by Crippen LogP contribution is 2.29. The first-order valence-electron chi connectivity index (χ1n) is 6.05. The molecule has 0 aliphatic carbocycles. The van der Waals surface area contributed by atoms with Crippen LogP contribution in [-0.2, 0) is 6.42 Å². The molecule has 2 N–H and O–H groups in total. The largest absolute Gasteiger partial charge is 0.369 e. The van der Waals surface area contributed by atoms with Crippen LogP contribution in [0.25, 0.3) is 0 Å². The van der Waals surface area contributed by atoms with Crippen molar-refractivity contribution < 1.29 is 0 Å². The number of nitrogens with zero attached hydrogens (tertiary/aromatic N) is 1. The zero-order valence-corrected chi connectivity index (χ0v) is 12.6. The molecule has 0 amide bonds. The van der Waals surface area contributed by atoms with Crippen molar-refractivity contribution in [2.24, 2.45) is 5.73 Å². The fourth-order valence-electron chi connectivity index (χ4n) is 2.24. The van der Waals surface area contributed by atoms with E-state index in [2.05, 4.69) is 57.7 Å². The lowest BCUT2D eigenvalue weighted by Gasteiger charge is -2.34. The van der Waals surface area contributed by atoms with Gasteiger partial charge in [0.25, 0.3) is 0 Å². The summed E-state index contributed by atoms with van der Waals surface area (Å²) >= 11 is 5.63. The van der Waals surface area contributed by atoms with E-state index in [1.807, 2.05) is 0 Å². The maximum atomic E-state index is 5.69. The molecule has 1 aliphatic rings. The lowest BCUT2D eigenvalue weighted by molar-refractivity contribution is 0.775. The predicted octanol–water partition coefficient (Wildman–Crippen LogP) is 2.89. The van der Waals surface area contributed by atoms with Gasteiger partial charge < -0.3 is 10.6 Å². The summed E-state index contributed by atoms with van der Waals surface area (Å²) in [6.07, 6.45) is 0.959. The minimum absolute atomic E-state index is 0.715. The second-order valence-corrected chi connectivity index (χ2v) is 6.90. The van der Waals surface area contributed by atoms with Gasteiger partial charge in [-0.1, -0.05) is 28.9 Å². The zero-order chi connectivity index (χ0) is 12.3. The third kappa shape index (κ3) is 3.39. The lowest BCUT2D eigenvalue weighted by Crippen LogP contribution is -2.37. The van der Waals surface area contributed by atoms with Crippen LogP contribution in [0.2, 0.25) is 0 Å². The smallest absolute Gasteiger partial charge is 0.0411 e. The fourth-order valence-corrected chi connectivity index (χ4v) is 3.60. The normalized spacial score (nSPS) is 20.6. The molecule has 17 heavy (non-hydrogen) atoms. The summed E-state index contributed by atoms with van der Waals surface area (Å²) in [5.74, 6) is 1.22. The molecule has 1 unspecified atom stereocenters. The minimum Gasteiger partial charge on any atom is -0.369 e. The first-order chi connectivity index (χ1) is 8.20. The van der Waals surface area contributed by atoms with E-state index < -0.39 is 0 Å². The molecule has 1 aromatic rings. The van der Waals surface area contributed by atoms with Crippen LogP contribution in [0.1, 0.15) is 12.5 Å². The van der Waals surface area contributed by atoms with Crippen molar-refractivity contribution in [2.45, 2.75) is 18.6 Å². The second-order valence-electron chi connectivity index (χ2n) is 4.44. The summed E-state index contributed by atoms with van der Waals surface area (Å²) in [6.45, 7) is 5.30. The number of hydrogen-bond acceptors (Lipinski definition) is 3. The van der Waals surface area contributed by atoms with Gasteiger partial charge in [-0.3, -0.25) is 0 Å². The van der Waals surface area contributed by atoms with E-state index in [4.69, 9.17) is 5.73 Å². The van der Waals surface area contributed by atoms with Crippen LogP contribution in [0.4, 0.5) is 5.69 Å². The van der Waals surface area contributed by atoms with Gasteiger partial charge in [0.1, 0.15) is 0 Å². The average Bonchev–Trinajstić information content (AvgIpc) is 2.32. The molecular weight excluding hydrogens is 296 g/mol. The Morgan fingerprint density at radius 3 is 3.06 bits per heavy atom. The van der Waals surface area contributed by atoms with Gasteiger partial charge in [-0.2, -0.15) is 11.8 Å². The molecule has 0 aromatic heterocycles. The van der Waals surface area contributed by atoms with Gasteiger partial charge in [-0.15, -0.1) is 0 Å². The number of hydrogen-bond donors (Lipinski definition) is 1. The summed E-state index contributed by atoms with van der Waals surface area (Å²) in [7, 11) is 0. The molecule has 1 heterocycles. The molecule has 0 radical (unpaired) electrons. The first-order valence-corrected chi connectivity index (χ1v) is 7.90. The number of nitrogens with two attached hydrogens (primary N) is 1. The van der Waals surface area contributed by atoms with Gasteiger partial charge in [0.15, 0.2) is 0 Å². The summed E-state index contributed by atoms with van der Waals surface area (Å²) in [4.78, 5) is 2.50. The van der Waals surface area contributed by atoms with Crippen LogP contribution < -0.4 is 10.6 Å². The SMILES string of the molecule is CC1CN(c2cc(Br)ccc2CCN)CCS1. The predicted molar refractivity (Wildman–Crippen MR) is 81.0 cm³/mol. The van der Waals surface area contributed by atoms with E-state index in [-0.39, 0.29) is 0 Å². The molecule has 1 fully saturated rings. The van der Waals surface area contributed by atoms with E-state index in [0.29, 0.717) is 11.8 Å². The Hall–Kier alpha value is -0.190. The highest BCUT2D eigenvalue weighted by Gasteiger charge is 2.19. The summed E-state index contributed by atoms with van der Waals surface area (Å²) < 4.78 is 1.15. The van der Waals surface area contributed by atoms with Crippen LogP contribution in [-0.4, -0.2) is 30.6 Å². The van der Waals surface area contributed by atoms with Crippen molar-refractivity contribution in [3.63, 3.8) is 0 Å². The third-order valence-corrected chi connectivity index (χ3v) is 4.67. The van der Waals surface area contributed by atoms with E-state index in [9.17, 15) is 0 Å². The molecule has 2 rings (SSSR count). The molecule has 1 aliphatic heterocycles. The van der Waals surface area contributed by atoms with Crippen LogP contribution in [0.15, 0.2) is 22.7 Å². The standard InChI is InChI=1S/C13H19BrN2S/c1-10-9-16(6-7-17-10)13-8-12(14)3-2-11(13)4-5-15/h2-3,8,10H,4-7,9,15H2,1H3. The molecule has 94 valence electrons. The lowest BCUT2D eigenvalue weighted by atomic mass is 10.1. The molecular formula is C13H19BrN2S. The van der Waals surface area contributed by atoms with Gasteiger partial charge in [0.05, 0.1) is 0 Å². The van der Waals surface area contributed by atoms with Crippen LogP contribution >= 0.6 is 27.7 Å². The molecule has 1 saturated heterocycles. The molecule has 4 heteroatoms. The van der Waals surface area contributed by atoms with Crippen molar-refractivity contribution in [1.82, 2.24) is 0 Å². The van der Waals surface area contributed by atoms with Crippen molar-refractivity contribution >= 4 is 33.4 Å². The van der Waals surface area contributed by atoms with E-state index in [0.717, 1.165) is 24.0 Å². The van der Waals surface area contributed by atoms with Crippen molar-refractivity contribution in [3.8, 4) is 0 Å². The van der Waals surface area contributed by atoms with Gasteiger partial charge in [0.2, 0.25) is 0 Å². The number of halogens is 1. The third-order valence-electron chi connectivity index (χ3n) is 3.04. The maximum absolute atomic E-state index is 5.69. The Labute approximate surface area is 116 Å². The van der Waals surface area contributed by atoms with Gasteiger partial charge >= 0.3 is 0 Å². The fraction of sp³-hybridized carbons (Fsp3) is 0.538. The van der Waals surface area contributed by atoms with Crippen molar-refractivity contribution in [2.75, 3.05) is 30.3 Å². The number of anilines is 1. The van der Waals surface area contributed by atoms with Gasteiger partial charge in [0, 0.05) is 34.3 Å². The van der Waals surface area contributed by atoms with E-state index in [1.165, 1.54) is 17.0 Å². The average molecular weight is 315 g/mol. The monoisotopic (exact) mass is 314 g/mol. The summed E-state index contributed by atoms with van der Waals surface area (Å²) in [5.41, 5.74) is 8.42. The quantitative estimate of drug-likeness (QED) is 0.930. The Balaban J connectivity index is 2.25. The highest BCUT2D eigenvalue weighted by molar-refractivity contribution is 9.10. The number of rotatable bonds is 3. The van der Waals surface area contributed by atoms with E-state index >= 15 is 0 Å². The highest BCUT2D eigenvalue weighted by atomic mass is 79.9. The van der Waals surface area contributed by atoms with Crippen LogP contribution in [0.3, 0.4) is 0 Å². The number of benzene rings is 1. The maximum Gasteiger partial charge on any atom is 0.0411 e. The molecule has 0 spiro atoms.